The third kappa shape index (κ3) is 2.45. The van der Waals surface area contributed by atoms with Crippen LogP contribution in [-0.4, -0.2) is 17.5 Å². The summed E-state index contributed by atoms with van der Waals surface area (Å²) < 4.78 is 1.19. The summed E-state index contributed by atoms with van der Waals surface area (Å²) in [6, 6.07) is 7.13. The van der Waals surface area contributed by atoms with Crippen molar-refractivity contribution in [2.75, 3.05) is 16.8 Å². The average molecular weight is 272 g/mol. The van der Waals surface area contributed by atoms with Crippen LogP contribution in [0.5, 0.6) is 0 Å². The number of benzene rings is 1. The number of anilines is 1. The molecule has 1 heterocycles. The molecule has 1 aromatic carbocycles. The molecule has 0 aliphatic carbocycles. The van der Waals surface area contributed by atoms with E-state index in [4.69, 9.17) is 0 Å². The van der Waals surface area contributed by atoms with Gasteiger partial charge in [0, 0.05) is 22.0 Å². The minimum Gasteiger partial charge on any atom is -0.381 e. The Labute approximate surface area is 97.8 Å². The molecule has 1 aliphatic rings. The first-order chi connectivity index (χ1) is 6.75. The number of hydrogen-bond donors (Lipinski definition) is 1. The van der Waals surface area contributed by atoms with Crippen LogP contribution >= 0.6 is 27.7 Å². The summed E-state index contributed by atoms with van der Waals surface area (Å²) in [6.45, 7) is 2.11. The molecule has 0 bridgehead atoms. The molecule has 1 fully saturated rings. The fourth-order valence-corrected chi connectivity index (χ4v) is 3.10. The third-order valence-electron chi connectivity index (χ3n) is 2.47. The van der Waals surface area contributed by atoms with Gasteiger partial charge in [-0.25, -0.2) is 0 Å². The van der Waals surface area contributed by atoms with Crippen LogP contribution in [0, 0.1) is 6.92 Å². The Morgan fingerprint density at radius 2 is 2.36 bits per heavy atom. The zero-order valence-electron chi connectivity index (χ0n) is 8.22. The predicted molar refractivity (Wildman–Crippen MR) is 68.2 cm³/mol. The van der Waals surface area contributed by atoms with Gasteiger partial charge in [0.1, 0.15) is 0 Å². The zero-order valence-corrected chi connectivity index (χ0v) is 10.6. The van der Waals surface area contributed by atoms with Gasteiger partial charge in [-0.1, -0.05) is 22.0 Å². The van der Waals surface area contributed by atoms with E-state index in [2.05, 4.69) is 46.4 Å². The Kier molecular flexibility index (Phi) is 3.39. The molecular weight excluding hydrogens is 258 g/mol. The van der Waals surface area contributed by atoms with Crippen LogP contribution in [0.1, 0.15) is 12.0 Å². The van der Waals surface area contributed by atoms with E-state index >= 15 is 0 Å². The molecule has 1 saturated heterocycles. The molecule has 0 spiro atoms. The zero-order chi connectivity index (χ0) is 9.97. The van der Waals surface area contributed by atoms with Crippen molar-refractivity contribution in [3.63, 3.8) is 0 Å². The minimum atomic E-state index is 0.662. The third-order valence-corrected chi connectivity index (χ3v) is 4.49. The maximum Gasteiger partial charge on any atom is 0.0359 e. The average Bonchev–Trinajstić information content (AvgIpc) is 2.64. The maximum absolute atomic E-state index is 3.56. The van der Waals surface area contributed by atoms with Crippen molar-refractivity contribution in [2.45, 2.75) is 19.4 Å². The largest absolute Gasteiger partial charge is 0.381 e. The van der Waals surface area contributed by atoms with Gasteiger partial charge < -0.3 is 5.32 Å². The first-order valence-corrected chi connectivity index (χ1v) is 6.81. The summed E-state index contributed by atoms with van der Waals surface area (Å²) in [6.07, 6.45) is 1.29. The summed E-state index contributed by atoms with van der Waals surface area (Å²) in [7, 11) is 0. The lowest BCUT2D eigenvalue weighted by Crippen LogP contribution is -2.17. The van der Waals surface area contributed by atoms with E-state index in [0.717, 1.165) is 0 Å². The Balaban J connectivity index is 2.05. The summed E-state index contributed by atoms with van der Waals surface area (Å²) >= 11 is 5.58. The number of rotatable bonds is 2. The Bertz CT molecular complexity index is 321. The Morgan fingerprint density at radius 1 is 1.50 bits per heavy atom. The first-order valence-electron chi connectivity index (χ1n) is 4.86. The molecule has 0 radical (unpaired) electrons. The second-order valence-electron chi connectivity index (χ2n) is 3.67. The second kappa shape index (κ2) is 4.58. The molecule has 0 aromatic heterocycles. The van der Waals surface area contributed by atoms with Crippen LogP contribution in [-0.2, 0) is 0 Å². The van der Waals surface area contributed by atoms with Crippen LogP contribution in [0.15, 0.2) is 22.7 Å². The molecule has 3 heteroatoms. The van der Waals surface area contributed by atoms with E-state index in [0.29, 0.717) is 6.04 Å². The van der Waals surface area contributed by atoms with Gasteiger partial charge in [0.05, 0.1) is 0 Å². The highest BCUT2D eigenvalue weighted by Crippen LogP contribution is 2.24. The number of aryl methyl sites for hydroxylation is 1. The Morgan fingerprint density at radius 3 is 3.00 bits per heavy atom. The van der Waals surface area contributed by atoms with Crippen molar-refractivity contribution in [1.82, 2.24) is 0 Å². The molecule has 14 heavy (non-hydrogen) atoms. The smallest absolute Gasteiger partial charge is 0.0359 e. The highest BCUT2D eigenvalue weighted by molar-refractivity contribution is 9.10. The predicted octanol–water partition coefficient (Wildman–Crippen LogP) is 3.67. The molecule has 1 aliphatic heterocycles. The first kappa shape index (κ1) is 10.4. The molecule has 0 amide bonds. The van der Waals surface area contributed by atoms with Crippen molar-refractivity contribution in [1.29, 1.82) is 0 Å². The number of halogens is 1. The molecule has 1 N–H and O–H groups in total. The lowest BCUT2D eigenvalue weighted by atomic mass is 10.2. The lowest BCUT2D eigenvalue weighted by Gasteiger charge is -2.13. The normalized spacial score (nSPS) is 21.1. The highest BCUT2D eigenvalue weighted by atomic mass is 79.9. The van der Waals surface area contributed by atoms with Crippen LogP contribution < -0.4 is 5.32 Å². The van der Waals surface area contributed by atoms with Crippen molar-refractivity contribution < 1.29 is 0 Å². The molecule has 1 aromatic rings. The second-order valence-corrected chi connectivity index (χ2v) is 5.67. The van der Waals surface area contributed by atoms with Crippen molar-refractivity contribution in [3.05, 3.63) is 28.2 Å². The number of hydrogen-bond acceptors (Lipinski definition) is 2. The molecule has 76 valence electrons. The molecule has 0 saturated carbocycles. The van der Waals surface area contributed by atoms with Gasteiger partial charge in [-0.05, 0) is 36.8 Å². The number of thioether (sulfide) groups is 1. The molecule has 1 nitrogen and oxygen atoms in total. The highest BCUT2D eigenvalue weighted by Gasteiger charge is 2.14. The van der Waals surface area contributed by atoms with Gasteiger partial charge >= 0.3 is 0 Å². The maximum atomic E-state index is 3.56. The standard InChI is InChI=1S/C11H14BrNS/c1-8-2-3-9(6-11(8)12)13-10-4-5-14-7-10/h2-3,6,10,13H,4-5,7H2,1H3/t10-/m0/s1. The SMILES string of the molecule is Cc1ccc(N[C@H]2CCSC2)cc1Br. The quantitative estimate of drug-likeness (QED) is 0.881. The molecule has 2 rings (SSSR count). The van der Waals surface area contributed by atoms with Gasteiger partial charge in [-0.15, -0.1) is 0 Å². The molecule has 1 atom stereocenters. The van der Waals surface area contributed by atoms with E-state index < -0.39 is 0 Å². The summed E-state index contributed by atoms with van der Waals surface area (Å²) in [5.74, 6) is 2.54. The van der Waals surface area contributed by atoms with Gasteiger partial charge in [0.2, 0.25) is 0 Å². The van der Waals surface area contributed by atoms with Gasteiger partial charge in [-0.3, -0.25) is 0 Å². The van der Waals surface area contributed by atoms with E-state index in [1.54, 1.807) is 0 Å². The van der Waals surface area contributed by atoms with Gasteiger partial charge in [0.15, 0.2) is 0 Å². The van der Waals surface area contributed by atoms with Crippen LogP contribution in [0.2, 0.25) is 0 Å². The summed E-state index contributed by atoms with van der Waals surface area (Å²) in [5.41, 5.74) is 2.52. The lowest BCUT2D eigenvalue weighted by molar-refractivity contribution is 0.813. The van der Waals surface area contributed by atoms with Crippen LogP contribution in [0.25, 0.3) is 0 Å². The number of nitrogens with one attached hydrogen (secondary N) is 1. The monoisotopic (exact) mass is 271 g/mol. The van der Waals surface area contributed by atoms with E-state index in [9.17, 15) is 0 Å². The summed E-state index contributed by atoms with van der Waals surface area (Å²) in [5, 5.41) is 3.56. The molecule has 0 unspecified atom stereocenters. The minimum absolute atomic E-state index is 0.662. The van der Waals surface area contributed by atoms with Crippen molar-refractivity contribution >= 4 is 33.4 Å². The Hall–Kier alpha value is -0.150. The van der Waals surface area contributed by atoms with Crippen LogP contribution in [0.4, 0.5) is 5.69 Å². The van der Waals surface area contributed by atoms with Crippen molar-refractivity contribution in [2.24, 2.45) is 0 Å². The summed E-state index contributed by atoms with van der Waals surface area (Å²) in [4.78, 5) is 0. The van der Waals surface area contributed by atoms with E-state index in [1.807, 2.05) is 11.8 Å². The molecular formula is C11H14BrNS. The fraction of sp³-hybridized carbons (Fsp3) is 0.455. The topological polar surface area (TPSA) is 12.0 Å². The van der Waals surface area contributed by atoms with Gasteiger partial charge in [0.25, 0.3) is 0 Å². The van der Waals surface area contributed by atoms with Gasteiger partial charge in [-0.2, -0.15) is 11.8 Å². The van der Waals surface area contributed by atoms with E-state index in [1.165, 1.54) is 33.7 Å². The van der Waals surface area contributed by atoms with Crippen LogP contribution in [0.3, 0.4) is 0 Å². The fourth-order valence-electron chi connectivity index (χ4n) is 1.57. The van der Waals surface area contributed by atoms with E-state index in [-0.39, 0.29) is 0 Å². The van der Waals surface area contributed by atoms with Crippen molar-refractivity contribution in [3.8, 4) is 0 Å².